The van der Waals surface area contributed by atoms with Gasteiger partial charge in [0, 0.05) is 10.9 Å². The smallest absolute Gasteiger partial charge is 0.208 e. The normalized spacial score (nSPS) is 10.9. The highest BCUT2D eigenvalue weighted by Gasteiger charge is 2.16. The number of fused-ring (bicyclic) bond motifs is 1. The van der Waals surface area contributed by atoms with E-state index in [9.17, 15) is 9.18 Å². The summed E-state index contributed by atoms with van der Waals surface area (Å²) in [5.74, 6) is -0.166. The van der Waals surface area contributed by atoms with Crippen LogP contribution < -0.4 is 0 Å². The van der Waals surface area contributed by atoms with Gasteiger partial charge in [0.25, 0.3) is 0 Å². The van der Waals surface area contributed by atoms with Crippen molar-refractivity contribution >= 4 is 32.7 Å². The Morgan fingerprint density at radius 2 is 2.27 bits per heavy atom. The molecule has 0 spiro atoms. The number of hydrogen-bond donors (Lipinski definition) is 0. The van der Waals surface area contributed by atoms with Crippen LogP contribution in [0.15, 0.2) is 22.6 Å². The molecular formula is C11H8BrFO2. The van der Waals surface area contributed by atoms with Gasteiger partial charge in [-0.2, -0.15) is 0 Å². The third kappa shape index (κ3) is 1.69. The van der Waals surface area contributed by atoms with Crippen molar-refractivity contribution in [1.82, 2.24) is 0 Å². The lowest BCUT2D eigenvalue weighted by Gasteiger charge is -1.91. The third-order valence-corrected chi connectivity index (χ3v) is 2.78. The number of rotatable bonds is 2. The maximum absolute atomic E-state index is 13.0. The van der Waals surface area contributed by atoms with Crippen LogP contribution >= 0.6 is 15.9 Å². The van der Waals surface area contributed by atoms with Crippen LogP contribution in [0.4, 0.5) is 4.39 Å². The summed E-state index contributed by atoms with van der Waals surface area (Å²) in [7, 11) is 0. The van der Waals surface area contributed by atoms with Gasteiger partial charge in [0.2, 0.25) is 5.78 Å². The Bertz CT molecular complexity index is 531. The zero-order valence-corrected chi connectivity index (χ0v) is 9.60. The van der Waals surface area contributed by atoms with E-state index in [-0.39, 0.29) is 16.9 Å². The van der Waals surface area contributed by atoms with Crippen LogP contribution in [0.25, 0.3) is 11.0 Å². The van der Waals surface area contributed by atoms with Crippen molar-refractivity contribution in [2.24, 2.45) is 0 Å². The third-order valence-electron chi connectivity index (χ3n) is 2.27. The van der Waals surface area contributed by atoms with Crippen LogP contribution in [0.2, 0.25) is 0 Å². The van der Waals surface area contributed by atoms with Crippen molar-refractivity contribution in [3.05, 3.63) is 35.3 Å². The SMILES string of the molecule is Cc1c(C(=O)CBr)oc2ccc(F)cc12. The molecule has 15 heavy (non-hydrogen) atoms. The van der Waals surface area contributed by atoms with Crippen LogP contribution in [-0.2, 0) is 0 Å². The molecule has 4 heteroatoms. The van der Waals surface area contributed by atoms with Crippen molar-refractivity contribution < 1.29 is 13.6 Å². The molecule has 0 atom stereocenters. The molecule has 1 aromatic carbocycles. The average Bonchev–Trinajstić information content (AvgIpc) is 2.55. The fraction of sp³-hybridized carbons (Fsp3) is 0.182. The van der Waals surface area contributed by atoms with E-state index in [1.165, 1.54) is 18.2 Å². The van der Waals surface area contributed by atoms with Gasteiger partial charge in [-0.05, 0) is 25.1 Å². The number of Topliss-reactive ketones (excluding diaryl/α,β-unsaturated/α-hetero) is 1. The number of furan rings is 1. The number of carbonyl (C=O) groups excluding carboxylic acids is 1. The number of halogens is 2. The van der Waals surface area contributed by atoms with Gasteiger partial charge in [-0.1, -0.05) is 15.9 Å². The molecule has 1 heterocycles. The standard InChI is InChI=1S/C11H8BrFO2/c1-6-8-4-7(13)2-3-10(8)15-11(6)9(14)5-12/h2-4H,5H2,1H3. The molecule has 0 amide bonds. The summed E-state index contributed by atoms with van der Waals surface area (Å²) in [6, 6.07) is 4.22. The minimum Gasteiger partial charge on any atom is -0.453 e. The van der Waals surface area contributed by atoms with Crippen LogP contribution in [0, 0.1) is 12.7 Å². The van der Waals surface area contributed by atoms with Gasteiger partial charge >= 0.3 is 0 Å². The van der Waals surface area contributed by atoms with Gasteiger partial charge < -0.3 is 4.42 Å². The van der Waals surface area contributed by atoms with Crippen molar-refractivity contribution in [3.8, 4) is 0 Å². The average molecular weight is 271 g/mol. The molecule has 2 nitrogen and oxygen atoms in total. The number of benzene rings is 1. The lowest BCUT2D eigenvalue weighted by Crippen LogP contribution is -1.99. The molecule has 0 bridgehead atoms. The molecule has 0 fully saturated rings. The number of aryl methyl sites for hydroxylation is 1. The molecule has 0 saturated heterocycles. The van der Waals surface area contributed by atoms with Crippen LogP contribution in [0.3, 0.4) is 0 Å². The monoisotopic (exact) mass is 270 g/mol. The molecule has 0 aliphatic heterocycles. The van der Waals surface area contributed by atoms with Crippen molar-refractivity contribution in [2.45, 2.75) is 6.92 Å². The van der Waals surface area contributed by atoms with Gasteiger partial charge in [-0.15, -0.1) is 0 Å². The van der Waals surface area contributed by atoms with Crippen LogP contribution in [0.5, 0.6) is 0 Å². The first-order chi connectivity index (χ1) is 7.13. The molecule has 0 radical (unpaired) electrons. The summed E-state index contributed by atoms with van der Waals surface area (Å²) in [5.41, 5.74) is 1.23. The summed E-state index contributed by atoms with van der Waals surface area (Å²) >= 11 is 3.07. The second kappa shape index (κ2) is 3.77. The Morgan fingerprint density at radius 3 is 2.93 bits per heavy atom. The van der Waals surface area contributed by atoms with E-state index in [1.54, 1.807) is 6.92 Å². The lowest BCUT2D eigenvalue weighted by atomic mass is 10.1. The van der Waals surface area contributed by atoms with Gasteiger partial charge in [0.15, 0.2) is 5.76 Å². The first kappa shape index (κ1) is 10.4. The van der Waals surface area contributed by atoms with Gasteiger partial charge in [-0.25, -0.2) is 4.39 Å². The second-order valence-corrected chi connectivity index (χ2v) is 3.81. The molecule has 0 aliphatic carbocycles. The molecule has 0 unspecified atom stereocenters. The van der Waals surface area contributed by atoms with Gasteiger partial charge in [0.1, 0.15) is 11.4 Å². The van der Waals surface area contributed by atoms with Crippen molar-refractivity contribution in [2.75, 3.05) is 5.33 Å². The Morgan fingerprint density at radius 1 is 1.53 bits per heavy atom. The zero-order chi connectivity index (χ0) is 11.0. The number of hydrogen-bond acceptors (Lipinski definition) is 2. The van der Waals surface area contributed by atoms with E-state index in [2.05, 4.69) is 15.9 Å². The highest BCUT2D eigenvalue weighted by Crippen LogP contribution is 2.26. The highest BCUT2D eigenvalue weighted by atomic mass is 79.9. The topological polar surface area (TPSA) is 30.2 Å². The van der Waals surface area contributed by atoms with Crippen LogP contribution in [0.1, 0.15) is 16.1 Å². The molecular weight excluding hydrogens is 263 g/mol. The van der Waals surface area contributed by atoms with Crippen LogP contribution in [-0.4, -0.2) is 11.1 Å². The molecule has 78 valence electrons. The summed E-state index contributed by atoms with van der Waals surface area (Å²) in [6.45, 7) is 1.75. The van der Waals surface area contributed by atoms with E-state index in [0.717, 1.165) is 0 Å². The molecule has 2 rings (SSSR count). The molecule has 0 N–H and O–H groups in total. The number of carbonyl (C=O) groups is 1. The predicted octanol–water partition coefficient (Wildman–Crippen LogP) is 3.46. The molecule has 0 aliphatic rings. The van der Waals surface area contributed by atoms with E-state index >= 15 is 0 Å². The Balaban J connectivity index is 2.69. The molecule has 0 saturated carbocycles. The first-order valence-corrected chi connectivity index (χ1v) is 5.53. The Hall–Kier alpha value is -1.16. The number of alkyl halides is 1. The number of ketones is 1. The Kier molecular flexibility index (Phi) is 2.61. The quantitative estimate of drug-likeness (QED) is 0.618. The van der Waals surface area contributed by atoms with E-state index in [4.69, 9.17) is 4.42 Å². The molecule has 2 aromatic rings. The largest absolute Gasteiger partial charge is 0.453 e. The Labute approximate surface area is 94.2 Å². The second-order valence-electron chi connectivity index (χ2n) is 3.25. The first-order valence-electron chi connectivity index (χ1n) is 4.41. The summed E-state index contributed by atoms with van der Waals surface area (Å²) in [5, 5.41) is 0.857. The van der Waals surface area contributed by atoms with E-state index in [0.29, 0.717) is 22.3 Å². The van der Waals surface area contributed by atoms with E-state index in [1.807, 2.05) is 0 Å². The summed E-state index contributed by atoms with van der Waals surface area (Å²) in [6.07, 6.45) is 0. The lowest BCUT2D eigenvalue weighted by molar-refractivity contribution is 0.0994. The van der Waals surface area contributed by atoms with Gasteiger partial charge in [0.05, 0.1) is 5.33 Å². The van der Waals surface area contributed by atoms with Crippen molar-refractivity contribution in [3.63, 3.8) is 0 Å². The fourth-order valence-electron chi connectivity index (χ4n) is 1.52. The molecule has 1 aromatic heterocycles. The highest BCUT2D eigenvalue weighted by molar-refractivity contribution is 9.09. The minimum atomic E-state index is -0.329. The fourth-order valence-corrected chi connectivity index (χ4v) is 1.77. The maximum Gasteiger partial charge on any atom is 0.208 e. The predicted molar refractivity (Wildman–Crippen MR) is 59.0 cm³/mol. The van der Waals surface area contributed by atoms with Crippen molar-refractivity contribution in [1.29, 1.82) is 0 Å². The van der Waals surface area contributed by atoms with Gasteiger partial charge in [-0.3, -0.25) is 4.79 Å². The minimum absolute atomic E-state index is 0.135. The zero-order valence-electron chi connectivity index (χ0n) is 8.01. The van der Waals surface area contributed by atoms with E-state index < -0.39 is 0 Å². The maximum atomic E-state index is 13.0. The summed E-state index contributed by atoms with van der Waals surface area (Å²) < 4.78 is 18.3. The summed E-state index contributed by atoms with van der Waals surface area (Å²) in [4.78, 5) is 11.5.